The van der Waals surface area contributed by atoms with Crippen molar-refractivity contribution in [2.24, 2.45) is 0 Å². The van der Waals surface area contributed by atoms with Crippen LogP contribution in [0.4, 0.5) is 73.1 Å². The Morgan fingerprint density at radius 3 is 1.17 bits per heavy atom. The van der Waals surface area contributed by atoms with Crippen molar-refractivity contribution in [3.05, 3.63) is 188 Å². The average molecular weight is 1250 g/mol. The molecule has 0 saturated carbocycles. The molecular formula is C62H54F12N6O5P2. The standard InChI is InChI=1S/C62H52N6O5.2F6P/c1-2-3-4-5-6-7-32-73-50-34-46(61(71)63-48-16-10-30-67(36-48)38-55(69)65-53-28-24-44-20-18-40-12-8-14-42-22-26-51(53)59(44)57(40)42)33-47(35-50)62(72)64-49-17-11-31-68(37-49)39-56(70)66-54-29-25-45-21-19-41-13-9-15-43-23-27-52(54)60(45)58(41)43;2*1-7(2,3,4,5)6/h8-31,33-37H,2-7,32,38-39H2,1H3,(H2-2,63,64,65,66,69,70,71,72);;/q;2*-1/p+2. The average Bonchev–Trinajstić information content (AvgIpc) is 0.960. The van der Waals surface area contributed by atoms with Crippen LogP contribution in [-0.2, 0) is 22.7 Å². The molecule has 0 aliphatic carbocycles. The molecule has 0 unspecified atom stereocenters. The van der Waals surface area contributed by atoms with Crippen LogP contribution in [0.2, 0.25) is 0 Å². The quantitative estimate of drug-likeness (QED) is 0.0223. The molecule has 0 aliphatic heterocycles. The normalized spacial score (nSPS) is 13.4. The molecule has 11 nitrogen and oxygen atoms in total. The minimum absolute atomic E-state index is 0.00322. The summed E-state index contributed by atoms with van der Waals surface area (Å²) in [5.41, 5.74) is 2.82. The first-order valence-corrected chi connectivity index (χ1v) is 31.1. The molecule has 0 fully saturated rings. The number of halogens is 12. The molecule has 87 heavy (non-hydrogen) atoms. The third-order valence-corrected chi connectivity index (χ3v) is 13.7. The number of rotatable bonds is 18. The Morgan fingerprint density at radius 2 is 0.770 bits per heavy atom. The van der Waals surface area contributed by atoms with Gasteiger partial charge in [0.25, 0.3) is 23.6 Å². The second-order valence-corrected chi connectivity index (χ2v) is 24.6. The van der Waals surface area contributed by atoms with Crippen molar-refractivity contribution < 1.29 is 83.4 Å². The van der Waals surface area contributed by atoms with Crippen molar-refractivity contribution in [3.8, 4) is 5.75 Å². The zero-order valence-corrected chi connectivity index (χ0v) is 47.8. The predicted octanol–water partition coefficient (Wildman–Crippen LogP) is 19.3. The number of unbranched alkanes of at least 4 members (excludes halogenated alkanes) is 5. The minimum atomic E-state index is -10.7. The Bertz CT molecular complexity index is 4100. The van der Waals surface area contributed by atoms with E-state index < -0.39 is 27.4 Å². The van der Waals surface area contributed by atoms with Crippen molar-refractivity contribution >= 4 is 127 Å². The predicted molar refractivity (Wildman–Crippen MR) is 319 cm³/mol. The monoisotopic (exact) mass is 1250 g/mol. The number of amides is 4. The number of benzene rings is 9. The number of nitrogens with zero attached hydrogens (tertiary/aromatic N) is 2. The summed E-state index contributed by atoms with van der Waals surface area (Å²) in [5, 5.41) is 25.5. The van der Waals surface area contributed by atoms with E-state index in [-0.39, 0.29) is 36.0 Å². The fourth-order valence-corrected chi connectivity index (χ4v) is 10.2. The maximum absolute atomic E-state index is 14.0. The second-order valence-electron chi connectivity index (χ2n) is 20.8. The fourth-order valence-electron chi connectivity index (χ4n) is 10.2. The molecule has 4 N–H and O–H groups in total. The van der Waals surface area contributed by atoms with Gasteiger partial charge in [-0.3, -0.25) is 19.2 Å². The van der Waals surface area contributed by atoms with Gasteiger partial charge in [0.1, 0.15) is 17.1 Å². The van der Waals surface area contributed by atoms with Crippen LogP contribution in [0.15, 0.2) is 176 Å². The van der Waals surface area contributed by atoms with Crippen LogP contribution < -0.4 is 35.1 Å². The first kappa shape index (κ1) is 62.6. The van der Waals surface area contributed by atoms with E-state index in [1.165, 1.54) is 36.1 Å². The van der Waals surface area contributed by atoms with Crippen LogP contribution in [0.3, 0.4) is 0 Å². The summed E-state index contributed by atoms with van der Waals surface area (Å²) in [6.45, 7) is 2.63. The van der Waals surface area contributed by atoms with Crippen molar-refractivity contribution in [2.45, 2.75) is 58.5 Å². The Hall–Kier alpha value is -8.94. The van der Waals surface area contributed by atoms with Gasteiger partial charge in [-0.25, -0.2) is 0 Å². The van der Waals surface area contributed by atoms with Gasteiger partial charge in [-0.05, 0) is 103 Å². The second kappa shape index (κ2) is 23.1. The number of ether oxygens (including phenoxy) is 1. The molecule has 0 bridgehead atoms. The van der Waals surface area contributed by atoms with Crippen molar-refractivity contribution in [2.75, 3.05) is 27.9 Å². The van der Waals surface area contributed by atoms with E-state index in [0.717, 1.165) is 84.5 Å². The van der Waals surface area contributed by atoms with Crippen LogP contribution in [0.1, 0.15) is 66.2 Å². The first-order chi connectivity index (χ1) is 40.6. The van der Waals surface area contributed by atoms with Crippen LogP contribution in [-0.4, -0.2) is 30.2 Å². The molecule has 9 aromatic carbocycles. The van der Waals surface area contributed by atoms with Gasteiger partial charge in [0, 0.05) is 45.4 Å². The van der Waals surface area contributed by atoms with Gasteiger partial charge in [-0.2, -0.15) is 9.13 Å². The van der Waals surface area contributed by atoms with E-state index in [4.69, 9.17) is 4.74 Å². The molecule has 456 valence electrons. The molecule has 2 heterocycles. The number of carbonyl (C=O) groups excluding carboxylic acids is 4. The van der Waals surface area contributed by atoms with Gasteiger partial charge in [-0.15, -0.1) is 0 Å². The zero-order valence-electron chi connectivity index (χ0n) is 46.0. The van der Waals surface area contributed by atoms with Gasteiger partial charge in [0.2, 0.25) is 13.1 Å². The van der Waals surface area contributed by atoms with Crippen molar-refractivity contribution in [1.82, 2.24) is 0 Å². The Balaban J connectivity index is 0.000000577. The third-order valence-electron chi connectivity index (χ3n) is 13.7. The van der Waals surface area contributed by atoms with E-state index in [1.54, 1.807) is 70.3 Å². The summed E-state index contributed by atoms with van der Waals surface area (Å²) in [5.74, 6) is -0.959. The molecule has 25 heteroatoms. The molecule has 2 aromatic heterocycles. The van der Waals surface area contributed by atoms with Crippen LogP contribution in [0.25, 0.3) is 64.6 Å². The number of hydrogen-bond acceptors (Lipinski definition) is 5. The molecule has 0 radical (unpaired) electrons. The number of aromatic nitrogens is 2. The van der Waals surface area contributed by atoms with Crippen LogP contribution >= 0.6 is 15.6 Å². The van der Waals surface area contributed by atoms with E-state index in [2.05, 4.69) is 113 Å². The molecule has 0 spiro atoms. The number of pyridine rings is 2. The first-order valence-electron chi connectivity index (χ1n) is 27.1. The Labute approximate surface area is 488 Å². The topological polar surface area (TPSA) is 133 Å². The van der Waals surface area contributed by atoms with E-state index in [1.807, 2.05) is 24.3 Å². The van der Waals surface area contributed by atoms with E-state index >= 15 is 0 Å². The molecule has 11 aromatic rings. The Kier molecular flexibility index (Phi) is 16.6. The fraction of sp³-hybridized carbons (Fsp3) is 0.161. The molecule has 0 saturated heterocycles. The van der Waals surface area contributed by atoms with Crippen molar-refractivity contribution in [3.63, 3.8) is 0 Å². The van der Waals surface area contributed by atoms with Gasteiger partial charge >= 0.3 is 66.0 Å². The summed E-state index contributed by atoms with van der Waals surface area (Å²) >= 11 is 0. The summed E-state index contributed by atoms with van der Waals surface area (Å²) in [4.78, 5) is 55.2. The number of anilines is 4. The molecule has 0 aliphatic rings. The number of nitrogens with one attached hydrogen (secondary N) is 4. The molecule has 4 amide bonds. The van der Waals surface area contributed by atoms with E-state index in [0.29, 0.717) is 23.7 Å². The summed E-state index contributed by atoms with van der Waals surface area (Å²) in [7, 11) is -21.3. The van der Waals surface area contributed by atoms with Crippen LogP contribution in [0, 0.1) is 0 Å². The van der Waals surface area contributed by atoms with Crippen LogP contribution in [0.5, 0.6) is 5.75 Å². The third kappa shape index (κ3) is 18.3. The van der Waals surface area contributed by atoms with E-state index in [9.17, 15) is 69.5 Å². The molecule has 11 rings (SSSR count). The summed E-state index contributed by atoms with van der Waals surface area (Å²) in [6.07, 6.45) is 13.4. The number of hydrogen-bond donors (Lipinski definition) is 4. The summed E-state index contributed by atoms with van der Waals surface area (Å²) in [6, 6.07) is 49.1. The van der Waals surface area contributed by atoms with Gasteiger partial charge in [0.15, 0.2) is 24.8 Å². The zero-order chi connectivity index (χ0) is 62.7. The number of carbonyl (C=O) groups is 4. The summed E-state index contributed by atoms with van der Waals surface area (Å²) < 4.78 is 128. The SMILES string of the molecule is CCCCCCCCOc1cc(C(=O)Nc2ccc[n+](CC(=O)Nc3ccc4ccc5cccc6ccc3c4c56)c2)cc(C(=O)Nc2ccc[n+](CC(=O)Nc3ccc4ccc5cccc6ccc3c4c56)c2)c1.F[P-](F)(F)(F)(F)F.F[P-](F)(F)(F)(F)F. The molecule has 0 atom stereocenters. The maximum atomic E-state index is 14.0. The van der Waals surface area contributed by atoms with Gasteiger partial charge < -0.3 is 26.0 Å². The van der Waals surface area contributed by atoms with Gasteiger partial charge in [0.05, 0.1) is 6.61 Å². The Morgan fingerprint density at radius 1 is 0.414 bits per heavy atom. The van der Waals surface area contributed by atoms with Crippen molar-refractivity contribution in [1.29, 1.82) is 0 Å². The van der Waals surface area contributed by atoms with Gasteiger partial charge in [-0.1, -0.05) is 136 Å². The molecular weight excluding hydrogens is 1200 g/mol.